The van der Waals surface area contributed by atoms with E-state index in [4.69, 9.17) is 0 Å². The van der Waals surface area contributed by atoms with Crippen LogP contribution in [0.5, 0.6) is 0 Å². The number of fused-ring (bicyclic) bond motifs is 1. The maximum atomic E-state index is 12.0. The Bertz CT molecular complexity index is 836. The topological polar surface area (TPSA) is 41.5 Å². The van der Waals surface area contributed by atoms with Crippen molar-refractivity contribution in [1.82, 2.24) is 5.43 Å². The molecule has 0 heterocycles. The fourth-order valence-electron chi connectivity index (χ4n) is 2.19. The molecule has 0 aliphatic carbocycles. The van der Waals surface area contributed by atoms with E-state index in [1.165, 1.54) is 0 Å². The summed E-state index contributed by atoms with van der Waals surface area (Å²) in [6, 6.07) is 21.2. The van der Waals surface area contributed by atoms with E-state index in [9.17, 15) is 4.79 Å². The van der Waals surface area contributed by atoms with Gasteiger partial charge in [0.15, 0.2) is 0 Å². The lowest BCUT2D eigenvalue weighted by molar-refractivity contribution is 0.0955. The van der Waals surface area contributed by atoms with E-state index in [-0.39, 0.29) is 5.91 Å². The zero-order valence-corrected chi connectivity index (χ0v) is 13.2. The van der Waals surface area contributed by atoms with Gasteiger partial charge in [0, 0.05) is 15.6 Å². The van der Waals surface area contributed by atoms with Crippen LogP contribution < -0.4 is 5.43 Å². The zero-order chi connectivity index (χ0) is 15.4. The Morgan fingerprint density at radius 1 is 0.955 bits per heavy atom. The van der Waals surface area contributed by atoms with Crippen molar-refractivity contribution in [3.05, 3.63) is 82.3 Å². The van der Waals surface area contributed by atoms with E-state index in [1.807, 2.05) is 54.6 Å². The van der Waals surface area contributed by atoms with E-state index in [1.54, 1.807) is 18.3 Å². The molecule has 0 aliphatic rings. The summed E-state index contributed by atoms with van der Waals surface area (Å²) in [5.74, 6) is -0.232. The van der Waals surface area contributed by atoms with Crippen molar-refractivity contribution in [2.45, 2.75) is 0 Å². The maximum Gasteiger partial charge on any atom is 0.271 e. The van der Waals surface area contributed by atoms with Crippen LogP contribution in [0.25, 0.3) is 10.8 Å². The normalized spacial score (nSPS) is 11.0. The summed E-state index contributed by atoms with van der Waals surface area (Å²) < 4.78 is 0.934. The average molecular weight is 353 g/mol. The number of hydrogen-bond acceptors (Lipinski definition) is 2. The van der Waals surface area contributed by atoms with Crippen molar-refractivity contribution >= 4 is 38.8 Å². The second-order valence-corrected chi connectivity index (χ2v) is 5.69. The lowest BCUT2D eigenvalue weighted by Gasteiger charge is -2.02. The van der Waals surface area contributed by atoms with Crippen LogP contribution in [0.3, 0.4) is 0 Å². The standard InChI is InChI=1S/C18H13BrN2O/c19-16-10-8-14(9-11-16)18(22)21-20-12-15-6-3-5-13-4-1-2-7-17(13)15/h1-12H,(H,21,22)/b20-12-. The number of nitrogens with zero attached hydrogens (tertiary/aromatic N) is 1. The van der Waals surface area contributed by atoms with Crippen molar-refractivity contribution < 1.29 is 4.79 Å². The van der Waals surface area contributed by atoms with Crippen molar-refractivity contribution in [2.24, 2.45) is 5.10 Å². The minimum Gasteiger partial charge on any atom is -0.267 e. The Morgan fingerprint density at radius 2 is 1.68 bits per heavy atom. The van der Waals surface area contributed by atoms with Gasteiger partial charge in [-0.15, -0.1) is 0 Å². The van der Waals surface area contributed by atoms with Crippen molar-refractivity contribution in [3.63, 3.8) is 0 Å². The molecule has 0 spiro atoms. The summed E-state index contributed by atoms with van der Waals surface area (Å²) in [5.41, 5.74) is 4.08. The van der Waals surface area contributed by atoms with Crippen molar-refractivity contribution in [3.8, 4) is 0 Å². The van der Waals surface area contributed by atoms with Crippen LogP contribution in [0.15, 0.2) is 76.3 Å². The van der Waals surface area contributed by atoms with E-state index < -0.39 is 0 Å². The molecule has 0 bridgehead atoms. The average Bonchev–Trinajstić information content (AvgIpc) is 2.55. The van der Waals surface area contributed by atoms with E-state index >= 15 is 0 Å². The third-order valence-corrected chi connectivity index (χ3v) is 3.83. The van der Waals surface area contributed by atoms with E-state index in [0.717, 1.165) is 20.8 Å². The molecule has 3 nitrogen and oxygen atoms in total. The van der Waals surface area contributed by atoms with E-state index in [0.29, 0.717) is 5.56 Å². The fourth-order valence-corrected chi connectivity index (χ4v) is 2.45. The highest BCUT2D eigenvalue weighted by Crippen LogP contribution is 2.16. The molecule has 0 aromatic heterocycles. The second-order valence-electron chi connectivity index (χ2n) is 4.77. The smallest absolute Gasteiger partial charge is 0.267 e. The molecular formula is C18H13BrN2O. The Balaban J connectivity index is 1.76. The molecule has 1 amide bonds. The molecule has 0 saturated carbocycles. The first-order chi connectivity index (χ1) is 10.7. The molecule has 4 heteroatoms. The van der Waals surface area contributed by atoms with Gasteiger partial charge in [0.25, 0.3) is 5.91 Å². The molecule has 0 aliphatic heterocycles. The Hall–Kier alpha value is -2.46. The van der Waals surface area contributed by atoms with Gasteiger partial charge in [-0.1, -0.05) is 58.4 Å². The molecule has 0 atom stereocenters. The molecular weight excluding hydrogens is 340 g/mol. The van der Waals surface area contributed by atoms with Crippen LogP contribution >= 0.6 is 15.9 Å². The Kier molecular flexibility index (Phi) is 4.30. The molecule has 0 fully saturated rings. The predicted octanol–water partition coefficient (Wildman–Crippen LogP) is 4.37. The number of hydrazone groups is 1. The lowest BCUT2D eigenvalue weighted by Crippen LogP contribution is -2.17. The Morgan fingerprint density at radius 3 is 2.50 bits per heavy atom. The molecule has 3 aromatic carbocycles. The third-order valence-electron chi connectivity index (χ3n) is 3.30. The minimum atomic E-state index is -0.232. The minimum absolute atomic E-state index is 0.232. The van der Waals surface area contributed by atoms with Gasteiger partial charge in [0.1, 0.15) is 0 Å². The molecule has 3 aromatic rings. The van der Waals surface area contributed by atoms with Gasteiger partial charge in [-0.2, -0.15) is 5.10 Å². The third kappa shape index (κ3) is 3.23. The monoisotopic (exact) mass is 352 g/mol. The van der Waals surface area contributed by atoms with Crippen LogP contribution in [-0.2, 0) is 0 Å². The summed E-state index contributed by atoms with van der Waals surface area (Å²) >= 11 is 3.34. The summed E-state index contributed by atoms with van der Waals surface area (Å²) in [5, 5.41) is 6.30. The first-order valence-corrected chi connectivity index (χ1v) is 7.60. The summed E-state index contributed by atoms with van der Waals surface area (Å²) in [4.78, 5) is 12.0. The summed E-state index contributed by atoms with van der Waals surface area (Å²) in [7, 11) is 0. The largest absolute Gasteiger partial charge is 0.271 e. The molecule has 0 unspecified atom stereocenters. The molecule has 22 heavy (non-hydrogen) atoms. The highest BCUT2D eigenvalue weighted by Gasteiger charge is 2.03. The highest BCUT2D eigenvalue weighted by molar-refractivity contribution is 9.10. The first kappa shape index (κ1) is 14.5. The van der Waals surface area contributed by atoms with Crippen molar-refractivity contribution in [2.75, 3.05) is 0 Å². The van der Waals surface area contributed by atoms with Crippen LogP contribution in [0, 0.1) is 0 Å². The zero-order valence-electron chi connectivity index (χ0n) is 11.7. The number of carbonyl (C=O) groups is 1. The van der Waals surface area contributed by atoms with Gasteiger partial charge < -0.3 is 0 Å². The van der Waals surface area contributed by atoms with Crippen molar-refractivity contribution in [1.29, 1.82) is 0 Å². The van der Waals surface area contributed by atoms with Crippen LogP contribution in [0.1, 0.15) is 15.9 Å². The Labute approximate surface area is 136 Å². The molecule has 3 rings (SSSR count). The summed E-state index contributed by atoms with van der Waals surface area (Å²) in [6.45, 7) is 0. The molecule has 1 N–H and O–H groups in total. The quantitative estimate of drug-likeness (QED) is 0.552. The number of nitrogens with one attached hydrogen (secondary N) is 1. The lowest BCUT2D eigenvalue weighted by atomic mass is 10.1. The van der Waals surface area contributed by atoms with Gasteiger partial charge >= 0.3 is 0 Å². The molecule has 0 saturated heterocycles. The van der Waals surface area contributed by atoms with Gasteiger partial charge in [-0.3, -0.25) is 4.79 Å². The van der Waals surface area contributed by atoms with E-state index in [2.05, 4.69) is 26.5 Å². The number of halogens is 1. The number of carbonyl (C=O) groups excluding carboxylic acids is 1. The van der Waals surface area contributed by atoms with Crippen LogP contribution in [-0.4, -0.2) is 12.1 Å². The van der Waals surface area contributed by atoms with Crippen LogP contribution in [0.4, 0.5) is 0 Å². The first-order valence-electron chi connectivity index (χ1n) is 6.81. The SMILES string of the molecule is O=C(N/N=C\c1cccc2ccccc12)c1ccc(Br)cc1. The molecule has 0 radical (unpaired) electrons. The van der Waals surface area contributed by atoms with Crippen LogP contribution in [0.2, 0.25) is 0 Å². The fraction of sp³-hybridized carbons (Fsp3) is 0. The van der Waals surface area contributed by atoms with Gasteiger partial charge in [0.2, 0.25) is 0 Å². The van der Waals surface area contributed by atoms with Gasteiger partial charge in [0.05, 0.1) is 6.21 Å². The number of hydrogen-bond donors (Lipinski definition) is 1. The number of rotatable bonds is 3. The summed E-state index contributed by atoms with van der Waals surface area (Å²) in [6.07, 6.45) is 1.67. The number of benzene rings is 3. The van der Waals surface area contributed by atoms with Gasteiger partial charge in [-0.05, 0) is 35.0 Å². The highest BCUT2D eigenvalue weighted by atomic mass is 79.9. The maximum absolute atomic E-state index is 12.0. The van der Waals surface area contributed by atoms with Gasteiger partial charge in [-0.25, -0.2) is 5.43 Å². The second kappa shape index (κ2) is 6.54. The molecule has 108 valence electrons. The predicted molar refractivity (Wildman–Crippen MR) is 93.2 cm³/mol. The number of amides is 1.